The number of carbonyl (C=O) groups is 1. The summed E-state index contributed by atoms with van der Waals surface area (Å²) >= 11 is 0. The third-order valence-corrected chi connectivity index (χ3v) is 4.02. The van der Waals surface area contributed by atoms with Gasteiger partial charge in [0, 0.05) is 30.6 Å². The van der Waals surface area contributed by atoms with Crippen LogP contribution in [0.2, 0.25) is 0 Å². The summed E-state index contributed by atoms with van der Waals surface area (Å²) in [6, 6.07) is 9.74. The van der Waals surface area contributed by atoms with Crippen molar-refractivity contribution in [1.29, 1.82) is 0 Å². The summed E-state index contributed by atoms with van der Waals surface area (Å²) in [5, 5.41) is 0. The first-order valence-corrected chi connectivity index (χ1v) is 7.32. The lowest BCUT2D eigenvalue weighted by Crippen LogP contribution is -2.49. The highest BCUT2D eigenvalue weighted by molar-refractivity contribution is 5.94. The third-order valence-electron chi connectivity index (χ3n) is 4.02. The van der Waals surface area contributed by atoms with Gasteiger partial charge in [0.05, 0.1) is 0 Å². The van der Waals surface area contributed by atoms with Crippen molar-refractivity contribution in [3.8, 4) is 11.8 Å². The number of likely N-dealkylation sites (tertiary alicyclic amines) is 1. The quantitative estimate of drug-likeness (QED) is 0.836. The molecule has 1 aliphatic heterocycles. The summed E-state index contributed by atoms with van der Waals surface area (Å²) in [7, 11) is 0. The standard InChI is InChI=1S/C17H22N2O/c1-2-14-10-11-19(16(12-14)13-18)17(20)9-8-15-6-4-3-5-7-15/h3-7,14,16H,2,10-13,18H2,1H3. The maximum absolute atomic E-state index is 12.2. The lowest BCUT2D eigenvalue weighted by atomic mass is 9.89. The summed E-state index contributed by atoms with van der Waals surface area (Å²) < 4.78 is 0. The van der Waals surface area contributed by atoms with Gasteiger partial charge in [-0.15, -0.1) is 0 Å². The number of rotatable bonds is 2. The van der Waals surface area contributed by atoms with E-state index in [9.17, 15) is 4.79 Å². The maximum atomic E-state index is 12.2. The van der Waals surface area contributed by atoms with Crippen molar-refractivity contribution in [3.05, 3.63) is 35.9 Å². The van der Waals surface area contributed by atoms with Crippen LogP contribution < -0.4 is 5.73 Å². The Morgan fingerprint density at radius 3 is 2.80 bits per heavy atom. The number of piperidine rings is 1. The number of hydrogen-bond acceptors (Lipinski definition) is 2. The van der Waals surface area contributed by atoms with E-state index in [2.05, 4.69) is 18.8 Å². The second-order valence-corrected chi connectivity index (χ2v) is 5.30. The van der Waals surface area contributed by atoms with Gasteiger partial charge in [0.2, 0.25) is 0 Å². The summed E-state index contributed by atoms with van der Waals surface area (Å²) in [6.45, 7) is 3.50. The molecule has 0 spiro atoms. The van der Waals surface area contributed by atoms with Crippen LogP contribution in [0.1, 0.15) is 31.7 Å². The van der Waals surface area contributed by atoms with E-state index >= 15 is 0 Å². The van der Waals surface area contributed by atoms with Gasteiger partial charge in [-0.1, -0.05) is 37.5 Å². The molecule has 1 amide bonds. The van der Waals surface area contributed by atoms with Crippen molar-refractivity contribution in [1.82, 2.24) is 4.90 Å². The first-order chi connectivity index (χ1) is 9.74. The summed E-state index contributed by atoms with van der Waals surface area (Å²) in [5.74, 6) is 6.27. The van der Waals surface area contributed by atoms with E-state index in [-0.39, 0.29) is 11.9 Å². The van der Waals surface area contributed by atoms with Crippen LogP contribution in [0.4, 0.5) is 0 Å². The van der Waals surface area contributed by atoms with E-state index in [1.165, 1.54) is 0 Å². The average Bonchev–Trinajstić information content (AvgIpc) is 2.52. The summed E-state index contributed by atoms with van der Waals surface area (Å²) in [6.07, 6.45) is 3.23. The minimum atomic E-state index is -0.0983. The number of nitrogens with two attached hydrogens (primary N) is 1. The monoisotopic (exact) mass is 270 g/mol. The smallest absolute Gasteiger partial charge is 0.299 e. The van der Waals surface area contributed by atoms with E-state index in [1.54, 1.807) is 0 Å². The Balaban J connectivity index is 2.04. The molecule has 0 bridgehead atoms. The van der Waals surface area contributed by atoms with E-state index in [1.807, 2.05) is 35.2 Å². The third kappa shape index (κ3) is 3.61. The highest BCUT2D eigenvalue weighted by Crippen LogP contribution is 2.24. The molecule has 2 rings (SSSR count). The molecule has 3 heteroatoms. The van der Waals surface area contributed by atoms with Crippen LogP contribution in [-0.4, -0.2) is 29.9 Å². The predicted octanol–water partition coefficient (Wildman–Crippen LogP) is 2.01. The molecule has 1 aromatic rings. The topological polar surface area (TPSA) is 46.3 Å². The number of amides is 1. The van der Waals surface area contributed by atoms with Crippen LogP contribution in [-0.2, 0) is 4.79 Å². The Kier molecular flexibility index (Phi) is 5.20. The fraction of sp³-hybridized carbons (Fsp3) is 0.471. The number of hydrogen-bond donors (Lipinski definition) is 1. The van der Waals surface area contributed by atoms with Gasteiger partial charge in [0.25, 0.3) is 5.91 Å². The number of benzene rings is 1. The van der Waals surface area contributed by atoms with Crippen LogP contribution in [0, 0.1) is 17.8 Å². The Bertz CT molecular complexity index is 501. The molecule has 2 unspecified atom stereocenters. The molecule has 106 valence electrons. The lowest BCUT2D eigenvalue weighted by molar-refractivity contribution is -0.129. The molecule has 2 N–H and O–H groups in total. The molecule has 3 nitrogen and oxygen atoms in total. The van der Waals surface area contributed by atoms with E-state index < -0.39 is 0 Å². The SMILES string of the molecule is CCC1CCN(C(=O)C#Cc2ccccc2)C(CN)C1. The van der Waals surface area contributed by atoms with Gasteiger partial charge in [-0.25, -0.2) is 0 Å². The lowest BCUT2D eigenvalue weighted by Gasteiger charge is -2.37. The minimum Gasteiger partial charge on any atom is -0.328 e. The van der Waals surface area contributed by atoms with Gasteiger partial charge in [0.15, 0.2) is 0 Å². The molecule has 1 heterocycles. The van der Waals surface area contributed by atoms with Crippen molar-refractivity contribution < 1.29 is 4.79 Å². The second kappa shape index (κ2) is 7.12. The van der Waals surface area contributed by atoms with Gasteiger partial charge < -0.3 is 10.6 Å². The second-order valence-electron chi connectivity index (χ2n) is 5.30. The summed E-state index contributed by atoms with van der Waals surface area (Å²) in [4.78, 5) is 14.1. The Morgan fingerprint density at radius 1 is 1.40 bits per heavy atom. The molecule has 1 fully saturated rings. The van der Waals surface area contributed by atoms with Gasteiger partial charge in [-0.3, -0.25) is 4.79 Å². The van der Waals surface area contributed by atoms with Crippen LogP contribution in [0.25, 0.3) is 0 Å². The first-order valence-electron chi connectivity index (χ1n) is 7.32. The molecule has 1 saturated heterocycles. The highest BCUT2D eigenvalue weighted by Gasteiger charge is 2.29. The highest BCUT2D eigenvalue weighted by atomic mass is 16.2. The van der Waals surface area contributed by atoms with Crippen molar-refractivity contribution in [2.24, 2.45) is 11.7 Å². The molecule has 2 atom stereocenters. The molecule has 1 aliphatic rings. The normalized spacial score (nSPS) is 22.0. The molecule has 0 saturated carbocycles. The Hall–Kier alpha value is -1.79. The van der Waals surface area contributed by atoms with Gasteiger partial charge in [-0.05, 0) is 30.9 Å². The van der Waals surface area contributed by atoms with Gasteiger partial charge in [0.1, 0.15) is 0 Å². The fourth-order valence-electron chi connectivity index (χ4n) is 2.71. The molecule has 0 aliphatic carbocycles. The van der Waals surface area contributed by atoms with Crippen LogP contribution >= 0.6 is 0 Å². The van der Waals surface area contributed by atoms with Crippen molar-refractivity contribution in [2.75, 3.05) is 13.1 Å². The number of nitrogens with zero attached hydrogens (tertiary/aromatic N) is 1. The van der Waals surface area contributed by atoms with Crippen molar-refractivity contribution in [3.63, 3.8) is 0 Å². The Labute approximate surface area is 121 Å². The average molecular weight is 270 g/mol. The zero-order valence-corrected chi connectivity index (χ0v) is 12.0. The largest absolute Gasteiger partial charge is 0.328 e. The summed E-state index contributed by atoms with van der Waals surface area (Å²) in [5.41, 5.74) is 6.68. The first kappa shape index (κ1) is 14.6. The zero-order valence-electron chi connectivity index (χ0n) is 12.0. The van der Waals surface area contributed by atoms with Crippen molar-refractivity contribution in [2.45, 2.75) is 32.2 Å². The molecule has 0 aromatic heterocycles. The maximum Gasteiger partial charge on any atom is 0.299 e. The predicted molar refractivity (Wildman–Crippen MR) is 80.9 cm³/mol. The van der Waals surface area contributed by atoms with E-state index in [0.29, 0.717) is 12.5 Å². The molecule has 20 heavy (non-hydrogen) atoms. The van der Waals surface area contributed by atoms with Crippen molar-refractivity contribution >= 4 is 5.91 Å². The van der Waals surface area contributed by atoms with Gasteiger partial charge >= 0.3 is 0 Å². The fourth-order valence-corrected chi connectivity index (χ4v) is 2.71. The van der Waals surface area contributed by atoms with Crippen LogP contribution in [0.15, 0.2) is 30.3 Å². The Morgan fingerprint density at radius 2 is 2.15 bits per heavy atom. The molecular formula is C17H22N2O. The minimum absolute atomic E-state index is 0.0983. The van der Waals surface area contributed by atoms with Crippen LogP contribution in [0.3, 0.4) is 0 Å². The molecule has 0 radical (unpaired) electrons. The van der Waals surface area contributed by atoms with Crippen LogP contribution in [0.5, 0.6) is 0 Å². The van der Waals surface area contributed by atoms with E-state index in [0.717, 1.165) is 31.4 Å². The molecular weight excluding hydrogens is 248 g/mol. The molecule has 1 aromatic carbocycles. The number of carbonyl (C=O) groups excluding carboxylic acids is 1. The van der Waals surface area contributed by atoms with Gasteiger partial charge in [-0.2, -0.15) is 0 Å². The van der Waals surface area contributed by atoms with E-state index in [4.69, 9.17) is 5.73 Å². The zero-order chi connectivity index (χ0) is 14.4.